The van der Waals surface area contributed by atoms with Gasteiger partial charge < -0.3 is 10.4 Å². The van der Waals surface area contributed by atoms with E-state index in [9.17, 15) is 9.59 Å². The van der Waals surface area contributed by atoms with Crippen molar-refractivity contribution in [3.63, 3.8) is 0 Å². The van der Waals surface area contributed by atoms with Crippen LogP contribution >= 0.6 is 0 Å². The minimum absolute atomic E-state index is 0.129. The van der Waals surface area contributed by atoms with Gasteiger partial charge in [0.25, 0.3) is 5.91 Å². The molecule has 1 amide bonds. The molecule has 0 saturated heterocycles. The summed E-state index contributed by atoms with van der Waals surface area (Å²) >= 11 is 0. The van der Waals surface area contributed by atoms with Crippen molar-refractivity contribution >= 4 is 18.0 Å². The Hall–Kier alpha value is -2.10. The van der Waals surface area contributed by atoms with Crippen LogP contribution in [-0.4, -0.2) is 23.5 Å². The van der Waals surface area contributed by atoms with Gasteiger partial charge in [-0.2, -0.15) is 0 Å². The maximum atomic E-state index is 12.2. The molecule has 0 aliphatic carbocycles. The molecule has 0 saturated carbocycles. The summed E-state index contributed by atoms with van der Waals surface area (Å²) in [4.78, 5) is 22.7. The first-order valence-electron chi connectivity index (χ1n) is 7.10. The van der Waals surface area contributed by atoms with Crippen LogP contribution in [0.5, 0.6) is 0 Å². The molecule has 114 valence electrons. The van der Waals surface area contributed by atoms with Crippen molar-refractivity contribution in [2.75, 3.05) is 6.54 Å². The van der Waals surface area contributed by atoms with Gasteiger partial charge in [0.1, 0.15) is 0 Å². The van der Waals surface area contributed by atoms with E-state index in [1.165, 1.54) is 6.08 Å². The lowest BCUT2D eigenvalue weighted by Gasteiger charge is -2.16. The zero-order valence-electron chi connectivity index (χ0n) is 13.0. The maximum Gasteiger partial charge on any atom is 0.328 e. The standard InChI is InChI=1S/C17H23NO3/c1-11(2)13(4)10-18-17(21)15-8-12(3)7-14(9-15)5-6-16(19)20/h5-9,11,13H,10H2,1-4H3,(H,18,21)(H,19,20)/b6-5+. The van der Waals surface area contributed by atoms with Gasteiger partial charge in [-0.3, -0.25) is 4.79 Å². The molecular formula is C17H23NO3. The van der Waals surface area contributed by atoms with E-state index in [1.807, 2.05) is 13.0 Å². The van der Waals surface area contributed by atoms with Crippen molar-refractivity contribution in [1.82, 2.24) is 5.32 Å². The van der Waals surface area contributed by atoms with E-state index in [0.717, 1.165) is 11.6 Å². The van der Waals surface area contributed by atoms with Crippen LogP contribution in [-0.2, 0) is 4.79 Å². The summed E-state index contributed by atoms with van der Waals surface area (Å²) in [5.74, 6) is -0.216. The largest absolute Gasteiger partial charge is 0.478 e. The molecule has 0 bridgehead atoms. The SMILES string of the molecule is Cc1cc(/C=C/C(=O)O)cc(C(=O)NCC(C)C(C)C)c1. The van der Waals surface area contributed by atoms with Crippen LogP contribution in [0.2, 0.25) is 0 Å². The average Bonchev–Trinajstić information content (AvgIpc) is 2.41. The lowest BCUT2D eigenvalue weighted by molar-refractivity contribution is -0.131. The van der Waals surface area contributed by atoms with Crippen LogP contribution in [0, 0.1) is 18.8 Å². The van der Waals surface area contributed by atoms with Gasteiger partial charge in [-0.25, -0.2) is 4.79 Å². The Morgan fingerprint density at radius 1 is 1.24 bits per heavy atom. The third kappa shape index (κ3) is 5.81. The fourth-order valence-corrected chi connectivity index (χ4v) is 1.80. The predicted molar refractivity (Wildman–Crippen MR) is 84.2 cm³/mol. The highest BCUT2D eigenvalue weighted by atomic mass is 16.4. The first kappa shape index (κ1) is 17.0. The number of rotatable bonds is 6. The van der Waals surface area contributed by atoms with E-state index >= 15 is 0 Å². The summed E-state index contributed by atoms with van der Waals surface area (Å²) in [6, 6.07) is 5.34. The van der Waals surface area contributed by atoms with Crippen molar-refractivity contribution in [3.8, 4) is 0 Å². The summed E-state index contributed by atoms with van der Waals surface area (Å²) in [6.45, 7) is 8.86. The minimum atomic E-state index is -1.01. The Kier molecular flexibility index (Phi) is 6.15. The molecule has 1 aromatic carbocycles. The van der Waals surface area contributed by atoms with Gasteiger partial charge in [0, 0.05) is 18.2 Å². The van der Waals surface area contributed by atoms with Crippen LogP contribution in [0.1, 0.15) is 42.3 Å². The number of aliphatic carboxylic acids is 1. The molecular weight excluding hydrogens is 266 g/mol. The fourth-order valence-electron chi connectivity index (χ4n) is 1.80. The van der Waals surface area contributed by atoms with E-state index < -0.39 is 5.97 Å². The molecule has 4 nitrogen and oxygen atoms in total. The average molecular weight is 289 g/mol. The van der Waals surface area contributed by atoms with E-state index in [0.29, 0.717) is 29.5 Å². The molecule has 0 spiro atoms. The number of carbonyl (C=O) groups excluding carboxylic acids is 1. The molecule has 4 heteroatoms. The van der Waals surface area contributed by atoms with Gasteiger partial charge in [0.2, 0.25) is 0 Å². The monoisotopic (exact) mass is 289 g/mol. The number of carboxylic acid groups (broad SMARTS) is 1. The molecule has 1 atom stereocenters. The normalized spacial score (nSPS) is 12.6. The molecule has 2 N–H and O–H groups in total. The second-order valence-electron chi connectivity index (χ2n) is 5.74. The zero-order chi connectivity index (χ0) is 16.0. The summed E-state index contributed by atoms with van der Waals surface area (Å²) < 4.78 is 0. The van der Waals surface area contributed by atoms with Crippen LogP contribution < -0.4 is 5.32 Å². The van der Waals surface area contributed by atoms with Crippen molar-refractivity contribution in [1.29, 1.82) is 0 Å². The number of hydrogen-bond acceptors (Lipinski definition) is 2. The molecule has 1 unspecified atom stereocenters. The second-order valence-corrected chi connectivity index (χ2v) is 5.74. The summed E-state index contributed by atoms with van der Waals surface area (Å²) in [5, 5.41) is 11.6. The topological polar surface area (TPSA) is 66.4 Å². The van der Waals surface area contributed by atoms with Crippen molar-refractivity contribution in [2.24, 2.45) is 11.8 Å². The second kappa shape index (κ2) is 7.62. The van der Waals surface area contributed by atoms with Gasteiger partial charge in [-0.15, -0.1) is 0 Å². The molecule has 1 aromatic rings. The van der Waals surface area contributed by atoms with Gasteiger partial charge in [-0.1, -0.05) is 26.8 Å². The van der Waals surface area contributed by atoms with Crippen molar-refractivity contribution < 1.29 is 14.7 Å². The first-order valence-corrected chi connectivity index (χ1v) is 7.10. The van der Waals surface area contributed by atoms with Crippen LogP contribution in [0.15, 0.2) is 24.3 Å². The zero-order valence-corrected chi connectivity index (χ0v) is 13.0. The van der Waals surface area contributed by atoms with Crippen molar-refractivity contribution in [3.05, 3.63) is 41.0 Å². The molecule has 0 heterocycles. The van der Waals surface area contributed by atoms with Crippen LogP contribution in [0.25, 0.3) is 6.08 Å². The maximum absolute atomic E-state index is 12.2. The molecule has 0 radical (unpaired) electrons. The summed E-state index contributed by atoms with van der Waals surface area (Å²) in [7, 11) is 0. The molecule has 0 aliphatic rings. The Morgan fingerprint density at radius 3 is 2.48 bits per heavy atom. The highest BCUT2D eigenvalue weighted by Gasteiger charge is 2.11. The Morgan fingerprint density at radius 2 is 1.90 bits per heavy atom. The Balaban J connectivity index is 2.82. The van der Waals surface area contributed by atoms with E-state index in [4.69, 9.17) is 5.11 Å². The molecule has 21 heavy (non-hydrogen) atoms. The number of nitrogens with one attached hydrogen (secondary N) is 1. The highest BCUT2D eigenvalue weighted by molar-refractivity contribution is 5.95. The summed E-state index contributed by atoms with van der Waals surface area (Å²) in [5.41, 5.74) is 2.18. The molecule has 0 aromatic heterocycles. The number of aryl methyl sites for hydroxylation is 1. The summed E-state index contributed by atoms with van der Waals surface area (Å²) in [6.07, 6.45) is 2.56. The van der Waals surface area contributed by atoms with Crippen LogP contribution in [0.4, 0.5) is 0 Å². The Bertz CT molecular complexity index is 547. The smallest absolute Gasteiger partial charge is 0.328 e. The number of benzene rings is 1. The Labute approximate surface area is 125 Å². The number of hydrogen-bond donors (Lipinski definition) is 2. The number of carboxylic acids is 1. The number of carbonyl (C=O) groups is 2. The lowest BCUT2D eigenvalue weighted by Crippen LogP contribution is -2.30. The first-order chi connectivity index (χ1) is 9.79. The van der Waals surface area contributed by atoms with E-state index in [-0.39, 0.29) is 5.91 Å². The number of amides is 1. The van der Waals surface area contributed by atoms with Gasteiger partial charge in [0.05, 0.1) is 0 Å². The van der Waals surface area contributed by atoms with E-state index in [2.05, 4.69) is 26.1 Å². The van der Waals surface area contributed by atoms with Crippen molar-refractivity contribution in [2.45, 2.75) is 27.7 Å². The van der Waals surface area contributed by atoms with Gasteiger partial charge in [0.15, 0.2) is 0 Å². The lowest BCUT2D eigenvalue weighted by atomic mass is 9.98. The predicted octanol–water partition coefficient (Wildman–Crippen LogP) is 3.11. The highest BCUT2D eigenvalue weighted by Crippen LogP contribution is 2.12. The minimum Gasteiger partial charge on any atom is -0.478 e. The van der Waals surface area contributed by atoms with Gasteiger partial charge in [-0.05, 0) is 48.1 Å². The molecule has 1 rings (SSSR count). The third-order valence-corrected chi connectivity index (χ3v) is 3.50. The molecule has 0 fully saturated rings. The fraction of sp³-hybridized carbons (Fsp3) is 0.412. The van der Waals surface area contributed by atoms with E-state index in [1.54, 1.807) is 12.1 Å². The van der Waals surface area contributed by atoms with Crippen LogP contribution in [0.3, 0.4) is 0 Å². The van der Waals surface area contributed by atoms with Gasteiger partial charge >= 0.3 is 5.97 Å². The third-order valence-electron chi connectivity index (χ3n) is 3.50. The molecule has 0 aliphatic heterocycles. The quantitative estimate of drug-likeness (QED) is 0.791.